The fourth-order valence-electron chi connectivity index (χ4n) is 1.20. The highest BCUT2D eigenvalue weighted by atomic mass is 19.4. The van der Waals surface area contributed by atoms with Crippen LogP contribution in [0.4, 0.5) is 13.2 Å². The van der Waals surface area contributed by atoms with Crippen molar-refractivity contribution in [1.29, 1.82) is 0 Å². The van der Waals surface area contributed by atoms with E-state index in [2.05, 4.69) is 0 Å². The lowest BCUT2D eigenvalue weighted by molar-refractivity contribution is -0.162. The van der Waals surface area contributed by atoms with Crippen LogP contribution in [0.2, 0.25) is 0 Å². The Bertz CT molecular complexity index is 198. The highest BCUT2D eigenvalue weighted by molar-refractivity contribution is 5.76. The van der Waals surface area contributed by atoms with Crippen molar-refractivity contribution in [3.8, 4) is 0 Å². The van der Waals surface area contributed by atoms with E-state index in [1.54, 1.807) is 6.92 Å². The maximum absolute atomic E-state index is 12.0. The zero-order valence-corrected chi connectivity index (χ0v) is 7.40. The summed E-state index contributed by atoms with van der Waals surface area (Å²) in [5.74, 6) is -0.403. The highest BCUT2D eigenvalue weighted by Gasteiger charge is 2.39. The first-order valence-corrected chi connectivity index (χ1v) is 4.30. The number of nitrogens with zero attached hydrogens (tertiary/aromatic N) is 1. The van der Waals surface area contributed by atoms with Crippen LogP contribution in [0.1, 0.15) is 26.2 Å². The van der Waals surface area contributed by atoms with Crippen LogP contribution >= 0.6 is 0 Å². The summed E-state index contributed by atoms with van der Waals surface area (Å²) in [5, 5.41) is 0. The van der Waals surface area contributed by atoms with Crippen LogP contribution in [-0.2, 0) is 4.79 Å². The second-order valence-electron chi connectivity index (χ2n) is 3.22. The summed E-state index contributed by atoms with van der Waals surface area (Å²) >= 11 is 0. The lowest BCUT2D eigenvalue weighted by Gasteiger charge is -2.22. The summed E-state index contributed by atoms with van der Waals surface area (Å²) in [7, 11) is 0. The molecule has 0 aliphatic heterocycles. The molecule has 1 rings (SSSR count). The average Bonchev–Trinajstić information content (AvgIpc) is 2.79. The number of carbonyl (C=O) groups excluding carboxylic acids is 1. The van der Waals surface area contributed by atoms with Gasteiger partial charge in [0.05, 0.1) is 0 Å². The number of rotatable bonds is 3. The predicted molar refractivity (Wildman–Crippen MR) is 41.1 cm³/mol. The molecule has 5 heteroatoms. The molecule has 0 radical (unpaired) electrons. The first-order valence-electron chi connectivity index (χ1n) is 4.30. The second kappa shape index (κ2) is 3.55. The van der Waals surface area contributed by atoms with Gasteiger partial charge in [-0.3, -0.25) is 4.79 Å². The molecule has 76 valence electrons. The Balaban J connectivity index is 2.52. The van der Waals surface area contributed by atoms with E-state index in [1.165, 1.54) is 0 Å². The fourth-order valence-corrected chi connectivity index (χ4v) is 1.20. The lowest BCUT2D eigenvalue weighted by Crippen LogP contribution is -2.40. The van der Waals surface area contributed by atoms with Gasteiger partial charge < -0.3 is 4.90 Å². The molecule has 0 N–H and O–H groups in total. The van der Waals surface area contributed by atoms with E-state index < -0.39 is 18.6 Å². The third-order valence-electron chi connectivity index (χ3n) is 1.96. The zero-order chi connectivity index (χ0) is 10.1. The molecule has 1 aliphatic rings. The van der Waals surface area contributed by atoms with Gasteiger partial charge in [-0.05, 0) is 12.8 Å². The molecule has 1 amide bonds. The van der Waals surface area contributed by atoms with E-state index in [0.717, 1.165) is 4.90 Å². The number of halogens is 3. The van der Waals surface area contributed by atoms with Crippen LogP contribution in [0.15, 0.2) is 0 Å². The normalized spacial score (nSPS) is 17.2. The molecule has 0 aromatic rings. The van der Waals surface area contributed by atoms with Crippen molar-refractivity contribution in [2.45, 2.75) is 38.4 Å². The van der Waals surface area contributed by atoms with Crippen LogP contribution in [0, 0.1) is 0 Å². The molecule has 1 saturated carbocycles. The predicted octanol–water partition coefficient (Wildman–Crippen LogP) is 1.95. The molecular formula is C8H12F3NO. The quantitative estimate of drug-likeness (QED) is 0.674. The second-order valence-corrected chi connectivity index (χ2v) is 3.22. The summed E-state index contributed by atoms with van der Waals surface area (Å²) in [6.45, 7) is 0.485. The number of carbonyl (C=O) groups is 1. The van der Waals surface area contributed by atoms with Gasteiger partial charge in [0.1, 0.15) is 6.54 Å². The third kappa shape index (κ3) is 3.24. The van der Waals surface area contributed by atoms with Gasteiger partial charge in [0, 0.05) is 12.5 Å². The number of alkyl halides is 3. The van der Waals surface area contributed by atoms with E-state index in [0.29, 0.717) is 12.8 Å². The molecule has 0 saturated heterocycles. The van der Waals surface area contributed by atoms with E-state index in [1.807, 2.05) is 0 Å². The summed E-state index contributed by atoms with van der Waals surface area (Å²) in [4.78, 5) is 12.0. The molecule has 1 fully saturated rings. The minimum Gasteiger partial charge on any atom is -0.331 e. The average molecular weight is 195 g/mol. The van der Waals surface area contributed by atoms with Gasteiger partial charge in [0.15, 0.2) is 0 Å². The van der Waals surface area contributed by atoms with Gasteiger partial charge in [0.2, 0.25) is 5.91 Å². The smallest absolute Gasteiger partial charge is 0.331 e. The fraction of sp³-hybridized carbons (Fsp3) is 0.875. The molecule has 0 heterocycles. The van der Waals surface area contributed by atoms with E-state index in [4.69, 9.17) is 0 Å². The molecule has 2 nitrogen and oxygen atoms in total. The van der Waals surface area contributed by atoms with Crippen LogP contribution in [-0.4, -0.2) is 29.6 Å². The van der Waals surface area contributed by atoms with E-state index >= 15 is 0 Å². The summed E-state index contributed by atoms with van der Waals surface area (Å²) < 4.78 is 36.0. The van der Waals surface area contributed by atoms with Crippen molar-refractivity contribution in [1.82, 2.24) is 4.90 Å². The van der Waals surface area contributed by atoms with Crippen molar-refractivity contribution in [2.75, 3.05) is 6.54 Å². The van der Waals surface area contributed by atoms with Crippen molar-refractivity contribution in [3.05, 3.63) is 0 Å². The Hall–Kier alpha value is -0.740. The van der Waals surface area contributed by atoms with Gasteiger partial charge in [-0.1, -0.05) is 6.92 Å². The Kier molecular flexibility index (Phi) is 2.83. The molecule has 0 aromatic carbocycles. The molecule has 0 aromatic heterocycles. The zero-order valence-electron chi connectivity index (χ0n) is 7.40. The summed E-state index contributed by atoms with van der Waals surface area (Å²) in [5.41, 5.74) is 0. The third-order valence-corrected chi connectivity index (χ3v) is 1.96. The van der Waals surface area contributed by atoms with Crippen molar-refractivity contribution >= 4 is 5.91 Å². The van der Waals surface area contributed by atoms with Gasteiger partial charge in [-0.2, -0.15) is 13.2 Å². The standard InChI is InChI=1S/C8H12F3NO/c1-2-7(13)12(6-3-4-6)5-8(9,10)11/h6H,2-5H2,1H3. The number of amides is 1. The molecular weight excluding hydrogens is 183 g/mol. The Morgan fingerprint density at radius 2 is 2.00 bits per heavy atom. The van der Waals surface area contributed by atoms with Crippen LogP contribution < -0.4 is 0 Å². The Morgan fingerprint density at radius 3 is 2.31 bits per heavy atom. The topological polar surface area (TPSA) is 20.3 Å². The first kappa shape index (κ1) is 10.3. The van der Waals surface area contributed by atoms with Crippen LogP contribution in [0.25, 0.3) is 0 Å². The van der Waals surface area contributed by atoms with Gasteiger partial charge in [-0.15, -0.1) is 0 Å². The van der Waals surface area contributed by atoms with Crippen molar-refractivity contribution in [2.24, 2.45) is 0 Å². The van der Waals surface area contributed by atoms with Crippen molar-refractivity contribution < 1.29 is 18.0 Å². The first-order chi connectivity index (χ1) is 5.94. The van der Waals surface area contributed by atoms with Gasteiger partial charge >= 0.3 is 6.18 Å². The molecule has 1 aliphatic carbocycles. The lowest BCUT2D eigenvalue weighted by atomic mass is 10.3. The minimum absolute atomic E-state index is 0.145. The molecule has 0 bridgehead atoms. The van der Waals surface area contributed by atoms with E-state index in [9.17, 15) is 18.0 Å². The summed E-state index contributed by atoms with van der Waals surface area (Å²) in [6, 6.07) is -0.158. The Morgan fingerprint density at radius 1 is 1.46 bits per heavy atom. The number of hydrogen-bond donors (Lipinski definition) is 0. The maximum atomic E-state index is 12.0. The molecule has 13 heavy (non-hydrogen) atoms. The van der Waals surface area contributed by atoms with Crippen molar-refractivity contribution in [3.63, 3.8) is 0 Å². The highest BCUT2D eigenvalue weighted by Crippen LogP contribution is 2.30. The molecule has 0 spiro atoms. The summed E-state index contributed by atoms with van der Waals surface area (Å²) in [6.07, 6.45) is -2.70. The largest absolute Gasteiger partial charge is 0.406 e. The van der Waals surface area contributed by atoms with E-state index in [-0.39, 0.29) is 12.5 Å². The van der Waals surface area contributed by atoms with Crippen LogP contribution in [0.3, 0.4) is 0 Å². The maximum Gasteiger partial charge on any atom is 0.406 e. The Labute approximate surface area is 74.7 Å². The minimum atomic E-state index is -4.27. The molecule has 0 atom stereocenters. The monoisotopic (exact) mass is 195 g/mol. The van der Waals surface area contributed by atoms with Gasteiger partial charge in [0.25, 0.3) is 0 Å². The molecule has 0 unspecified atom stereocenters. The van der Waals surface area contributed by atoms with Gasteiger partial charge in [-0.25, -0.2) is 0 Å². The SMILES string of the molecule is CCC(=O)N(CC(F)(F)F)C1CC1. The number of hydrogen-bond acceptors (Lipinski definition) is 1. The van der Waals surface area contributed by atoms with Crippen LogP contribution in [0.5, 0.6) is 0 Å².